The molecule has 6 nitrogen and oxygen atoms in total. The zero-order valence-corrected chi connectivity index (χ0v) is 20.9. The maximum atomic E-state index is 13.5. The molecule has 3 rings (SSSR count). The first-order chi connectivity index (χ1) is 16.2. The highest BCUT2D eigenvalue weighted by atomic mass is 32.2. The third kappa shape index (κ3) is 6.38. The maximum Gasteiger partial charge on any atom is 0.264 e. The molecule has 0 radical (unpaired) electrons. The molecule has 0 aliphatic carbocycles. The predicted octanol–water partition coefficient (Wildman–Crippen LogP) is 5.03. The largest absolute Gasteiger partial charge is 0.494 e. The molecule has 3 aromatic carbocycles. The molecule has 0 aliphatic heterocycles. The van der Waals surface area contributed by atoms with Gasteiger partial charge in [0.05, 0.1) is 17.2 Å². The van der Waals surface area contributed by atoms with E-state index in [2.05, 4.69) is 19.2 Å². The molecule has 0 bridgehead atoms. The Bertz CT molecular complexity index is 1200. The lowest BCUT2D eigenvalue weighted by atomic mass is 10.0. The van der Waals surface area contributed by atoms with E-state index in [4.69, 9.17) is 4.74 Å². The van der Waals surface area contributed by atoms with Gasteiger partial charge in [-0.15, -0.1) is 0 Å². The van der Waals surface area contributed by atoms with E-state index in [1.165, 1.54) is 0 Å². The molecule has 0 heterocycles. The molecule has 0 aliphatic rings. The number of nitrogens with zero attached hydrogens (tertiary/aromatic N) is 1. The highest BCUT2D eigenvalue weighted by Gasteiger charge is 2.27. The Balaban J connectivity index is 1.84. The van der Waals surface area contributed by atoms with E-state index >= 15 is 0 Å². The fourth-order valence-electron chi connectivity index (χ4n) is 3.48. The Kier molecular flexibility index (Phi) is 8.34. The molecule has 34 heavy (non-hydrogen) atoms. The van der Waals surface area contributed by atoms with Gasteiger partial charge < -0.3 is 10.1 Å². The molecule has 3 aromatic rings. The molecule has 0 saturated carbocycles. The normalized spacial score (nSPS) is 11.3. The molecule has 0 fully saturated rings. The van der Waals surface area contributed by atoms with Crippen molar-refractivity contribution in [2.45, 2.75) is 45.1 Å². The Hall–Kier alpha value is -3.32. The van der Waals surface area contributed by atoms with Gasteiger partial charge in [0.15, 0.2) is 0 Å². The van der Waals surface area contributed by atoms with Crippen molar-refractivity contribution in [3.05, 3.63) is 89.5 Å². The lowest BCUT2D eigenvalue weighted by molar-refractivity contribution is -0.119. The van der Waals surface area contributed by atoms with Gasteiger partial charge in [-0.2, -0.15) is 0 Å². The Labute approximate surface area is 202 Å². The first kappa shape index (κ1) is 25.3. The number of aryl methyl sites for hydroxylation is 1. The molecule has 1 N–H and O–H groups in total. The standard InChI is InChI=1S/C27H32N2O4S/c1-5-33-25-8-6-7-22(17-25)18-28-27(30)19-29(24-13-11-23(12-14-24)20(2)3)34(31,32)26-15-9-21(4)10-16-26/h6-17,20H,5,18-19H2,1-4H3,(H,28,30). The number of anilines is 1. The van der Waals surface area contributed by atoms with Crippen molar-refractivity contribution in [2.75, 3.05) is 17.5 Å². The number of benzene rings is 3. The zero-order valence-electron chi connectivity index (χ0n) is 20.1. The number of amides is 1. The van der Waals surface area contributed by atoms with Crippen molar-refractivity contribution in [1.82, 2.24) is 5.32 Å². The summed E-state index contributed by atoms with van der Waals surface area (Å²) in [5.41, 5.74) is 3.36. The maximum absolute atomic E-state index is 13.5. The van der Waals surface area contributed by atoms with E-state index in [0.29, 0.717) is 18.2 Å². The summed E-state index contributed by atoms with van der Waals surface area (Å²) in [6.07, 6.45) is 0. The smallest absolute Gasteiger partial charge is 0.264 e. The van der Waals surface area contributed by atoms with Gasteiger partial charge in [0.2, 0.25) is 5.91 Å². The summed E-state index contributed by atoms with van der Waals surface area (Å²) in [6.45, 7) is 8.44. The highest BCUT2D eigenvalue weighted by molar-refractivity contribution is 7.92. The third-order valence-corrected chi connectivity index (χ3v) is 7.23. The molecule has 0 spiro atoms. The molecule has 0 saturated heterocycles. The topological polar surface area (TPSA) is 75.7 Å². The van der Waals surface area contributed by atoms with Crippen LogP contribution in [0.4, 0.5) is 5.69 Å². The molecule has 7 heteroatoms. The number of carbonyl (C=O) groups is 1. The average molecular weight is 481 g/mol. The van der Waals surface area contributed by atoms with E-state index in [9.17, 15) is 13.2 Å². The minimum atomic E-state index is -3.94. The van der Waals surface area contributed by atoms with Crippen molar-refractivity contribution in [3.63, 3.8) is 0 Å². The van der Waals surface area contributed by atoms with Crippen LogP contribution in [0.2, 0.25) is 0 Å². The van der Waals surface area contributed by atoms with Gasteiger partial charge in [0, 0.05) is 6.54 Å². The van der Waals surface area contributed by atoms with Crippen molar-refractivity contribution in [1.29, 1.82) is 0 Å². The van der Waals surface area contributed by atoms with Crippen molar-refractivity contribution < 1.29 is 17.9 Å². The summed E-state index contributed by atoms with van der Waals surface area (Å²) in [5, 5.41) is 2.83. The molecule has 0 aromatic heterocycles. The van der Waals surface area contributed by atoms with Crippen LogP contribution in [0.3, 0.4) is 0 Å². The molecule has 1 amide bonds. The van der Waals surface area contributed by atoms with Crippen LogP contribution in [0.15, 0.2) is 77.7 Å². The SMILES string of the molecule is CCOc1cccc(CNC(=O)CN(c2ccc(C(C)C)cc2)S(=O)(=O)c2ccc(C)cc2)c1. The number of ether oxygens (including phenoxy) is 1. The van der Waals surface area contributed by atoms with Crippen LogP contribution < -0.4 is 14.4 Å². The fraction of sp³-hybridized carbons (Fsp3) is 0.296. The first-order valence-electron chi connectivity index (χ1n) is 11.4. The lowest BCUT2D eigenvalue weighted by Gasteiger charge is -2.24. The summed E-state index contributed by atoms with van der Waals surface area (Å²) in [4.78, 5) is 13.0. The van der Waals surface area contributed by atoms with Gasteiger partial charge in [-0.3, -0.25) is 9.10 Å². The van der Waals surface area contributed by atoms with E-state index in [-0.39, 0.29) is 18.0 Å². The number of hydrogen-bond acceptors (Lipinski definition) is 4. The van der Waals surface area contributed by atoms with Gasteiger partial charge in [-0.05, 0) is 67.3 Å². The van der Waals surface area contributed by atoms with E-state index < -0.39 is 15.9 Å². The molecule has 0 atom stereocenters. The summed E-state index contributed by atoms with van der Waals surface area (Å²) in [5.74, 6) is 0.639. The molecule has 0 unspecified atom stereocenters. The van der Waals surface area contributed by atoms with Crippen LogP contribution in [-0.4, -0.2) is 27.5 Å². The van der Waals surface area contributed by atoms with Crippen molar-refractivity contribution in [3.8, 4) is 5.75 Å². The second kappa shape index (κ2) is 11.2. The van der Waals surface area contributed by atoms with Gasteiger partial charge in [-0.1, -0.05) is 55.8 Å². The second-order valence-corrected chi connectivity index (χ2v) is 10.3. The van der Waals surface area contributed by atoms with Gasteiger partial charge in [0.25, 0.3) is 10.0 Å². The van der Waals surface area contributed by atoms with Crippen LogP contribution in [0.25, 0.3) is 0 Å². The fourth-order valence-corrected chi connectivity index (χ4v) is 4.90. The summed E-state index contributed by atoms with van der Waals surface area (Å²) >= 11 is 0. The van der Waals surface area contributed by atoms with Crippen LogP contribution in [0.5, 0.6) is 5.75 Å². The minimum absolute atomic E-state index is 0.142. The van der Waals surface area contributed by atoms with Crippen LogP contribution in [-0.2, 0) is 21.4 Å². The molecular weight excluding hydrogens is 448 g/mol. The highest BCUT2D eigenvalue weighted by Crippen LogP contribution is 2.26. The monoisotopic (exact) mass is 480 g/mol. The molecule has 180 valence electrons. The van der Waals surface area contributed by atoms with Gasteiger partial charge in [-0.25, -0.2) is 8.42 Å². The van der Waals surface area contributed by atoms with Crippen LogP contribution in [0, 0.1) is 6.92 Å². The summed E-state index contributed by atoms with van der Waals surface area (Å²) in [6, 6.07) is 21.4. The number of hydrogen-bond donors (Lipinski definition) is 1. The van der Waals surface area contributed by atoms with Crippen molar-refractivity contribution in [2.24, 2.45) is 0 Å². The zero-order chi connectivity index (χ0) is 24.7. The van der Waals surface area contributed by atoms with Crippen LogP contribution >= 0.6 is 0 Å². The average Bonchev–Trinajstić information content (AvgIpc) is 2.82. The third-order valence-electron chi connectivity index (χ3n) is 5.44. The molecular formula is C27H32N2O4S. The lowest BCUT2D eigenvalue weighted by Crippen LogP contribution is -2.40. The van der Waals surface area contributed by atoms with Crippen molar-refractivity contribution >= 4 is 21.6 Å². The number of sulfonamides is 1. The van der Waals surface area contributed by atoms with E-state index in [0.717, 1.165) is 26.7 Å². The minimum Gasteiger partial charge on any atom is -0.494 e. The Morgan fingerprint density at radius 2 is 1.68 bits per heavy atom. The van der Waals surface area contributed by atoms with E-state index in [1.807, 2.05) is 50.2 Å². The van der Waals surface area contributed by atoms with Crippen LogP contribution in [0.1, 0.15) is 43.4 Å². The van der Waals surface area contributed by atoms with E-state index in [1.54, 1.807) is 36.4 Å². The number of carbonyl (C=O) groups excluding carboxylic acids is 1. The predicted molar refractivity (Wildman–Crippen MR) is 136 cm³/mol. The van der Waals surface area contributed by atoms with Gasteiger partial charge >= 0.3 is 0 Å². The summed E-state index contributed by atoms with van der Waals surface area (Å²) < 4.78 is 33.7. The first-order valence-corrected chi connectivity index (χ1v) is 12.8. The Morgan fingerprint density at radius 1 is 1.00 bits per heavy atom. The quantitative estimate of drug-likeness (QED) is 0.442. The number of rotatable bonds is 10. The van der Waals surface area contributed by atoms with Gasteiger partial charge in [0.1, 0.15) is 12.3 Å². The summed E-state index contributed by atoms with van der Waals surface area (Å²) in [7, 11) is -3.94. The Morgan fingerprint density at radius 3 is 2.29 bits per heavy atom. The second-order valence-electron chi connectivity index (χ2n) is 8.43. The number of nitrogens with one attached hydrogen (secondary N) is 1.